The van der Waals surface area contributed by atoms with Crippen molar-refractivity contribution in [2.45, 2.75) is 26.1 Å². The molecule has 180 valence electrons. The van der Waals surface area contributed by atoms with Gasteiger partial charge in [0.15, 0.2) is 0 Å². The summed E-state index contributed by atoms with van der Waals surface area (Å²) in [6.45, 7) is 3.50. The highest BCUT2D eigenvalue weighted by molar-refractivity contribution is 6.30. The van der Waals surface area contributed by atoms with Crippen LogP contribution in [0.5, 0.6) is 0 Å². The van der Waals surface area contributed by atoms with Crippen molar-refractivity contribution in [3.05, 3.63) is 100 Å². The summed E-state index contributed by atoms with van der Waals surface area (Å²) in [5.74, 6) is -4.61. The molecular formula is C26H22ClNO7. The molecule has 0 unspecified atom stereocenters. The first kappa shape index (κ1) is 25.5. The van der Waals surface area contributed by atoms with E-state index in [0.29, 0.717) is 5.02 Å². The van der Waals surface area contributed by atoms with Gasteiger partial charge in [0, 0.05) is 10.7 Å². The number of rotatable bonds is 8. The molecule has 0 saturated heterocycles. The number of carboxylic acids is 1. The Morgan fingerprint density at radius 1 is 0.771 bits per heavy atom. The summed E-state index contributed by atoms with van der Waals surface area (Å²) in [6.07, 6.45) is -4.12. The smallest absolute Gasteiger partial charge is 0.349 e. The Kier molecular flexibility index (Phi) is 8.22. The van der Waals surface area contributed by atoms with E-state index in [-0.39, 0.29) is 16.8 Å². The monoisotopic (exact) mass is 495 g/mol. The summed E-state index contributed by atoms with van der Waals surface area (Å²) in [7, 11) is 0. The van der Waals surface area contributed by atoms with Crippen LogP contribution in [0.4, 0.5) is 5.69 Å². The highest BCUT2D eigenvalue weighted by Crippen LogP contribution is 2.18. The topological polar surface area (TPSA) is 119 Å². The van der Waals surface area contributed by atoms with E-state index in [1.54, 1.807) is 38.1 Å². The van der Waals surface area contributed by atoms with Gasteiger partial charge in [-0.15, -0.1) is 0 Å². The molecule has 3 rings (SSSR count). The Balaban J connectivity index is 1.91. The summed E-state index contributed by atoms with van der Waals surface area (Å²) in [4.78, 5) is 50.6. The van der Waals surface area contributed by atoms with Gasteiger partial charge in [0.2, 0.25) is 12.2 Å². The molecule has 0 aromatic heterocycles. The lowest BCUT2D eigenvalue weighted by Gasteiger charge is -2.23. The van der Waals surface area contributed by atoms with Crippen molar-refractivity contribution in [2.75, 3.05) is 5.32 Å². The number of halogens is 1. The minimum absolute atomic E-state index is 0.0816. The van der Waals surface area contributed by atoms with Crippen molar-refractivity contribution in [3.63, 3.8) is 0 Å². The van der Waals surface area contributed by atoms with Crippen LogP contribution in [0.15, 0.2) is 72.8 Å². The summed E-state index contributed by atoms with van der Waals surface area (Å²) < 4.78 is 10.5. The molecule has 0 fully saturated rings. The number of carbonyl (C=O) groups is 4. The number of carbonyl (C=O) groups excluding carboxylic acids is 3. The molecule has 0 aliphatic carbocycles. The predicted octanol–water partition coefficient (Wildman–Crippen LogP) is 4.43. The fourth-order valence-corrected chi connectivity index (χ4v) is 3.28. The maximum Gasteiger partial charge on any atom is 0.349 e. The number of esters is 2. The number of amides is 1. The second-order valence-corrected chi connectivity index (χ2v) is 8.16. The minimum atomic E-state index is -2.12. The lowest BCUT2D eigenvalue weighted by atomic mass is 10.1. The van der Waals surface area contributed by atoms with Gasteiger partial charge in [-0.25, -0.2) is 14.4 Å². The molecule has 9 heteroatoms. The Labute approximate surface area is 206 Å². The van der Waals surface area contributed by atoms with E-state index in [1.807, 2.05) is 0 Å². The van der Waals surface area contributed by atoms with Crippen LogP contribution >= 0.6 is 11.6 Å². The van der Waals surface area contributed by atoms with Crippen molar-refractivity contribution in [1.29, 1.82) is 0 Å². The quantitative estimate of drug-likeness (QED) is 0.443. The van der Waals surface area contributed by atoms with Crippen molar-refractivity contribution in [3.8, 4) is 0 Å². The summed E-state index contributed by atoms with van der Waals surface area (Å²) >= 11 is 5.86. The van der Waals surface area contributed by atoms with Gasteiger partial charge >= 0.3 is 17.9 Å². The van der Waals surface area contributed by atoms with Crippen LogP contribution in [-0.2, 0) is 19.1 Å². The van der Waals surface area contributed by atoms with Crippen molar-refractivity contribution in [1.82, 2.24) is 0 Å². The van der Waals surface area contributed by atoms with E-state index in [9.17, 15) is 24.3 Å². The highest BCUT2D eigenvalue weighted by atomic mass is 35.5. The number of aryl methyl sites for hydroxylation is 2. The molecule has 8 nitrogen and oxygen atoms in total. The molecule has 0 spiro atoms. The molecule has 0 aliphatic rings. The zero-order valence-electron chi connectivity index (χ0n) is 18.9. The number of nitrogens with one attached hydrogen (secondary N) is 1. The average molecular weight is 496 g/mol. The summed E-state index contributed by atoms with van der Waals surface area (Å²) in [5.41, 5.74) is 1.95. The molecule has 0 radical (unpaired) electrons. The summed E-state index contributed by atoms with van der Waals surface area (Å²) in [5, 5.41) is 12.7. The van der Waals surface area contributed by atoms with Gasteiger partial charge in [-0.1, -0.05) is 47.0 Å². The number of hydrogen-bond donors (Lipinski definition) is 2. The van der Waals surface area contributed by atoms with E-state index < -0.39 is 36.0 Å². The predicted molar refractivity (Wildman–Crippen MR) is 128 cm³/mol. The number of aliphatic carboxylic acids is 1. The molecule has 0 heterocycles. The van der Waals surface area contributed by atoms with Crippen molar-refractivity contribution < 1.29 is 33.8 Å². The first-order valence-corrected chi connectivity index (χ1v) is 10.9. The van der Waals surface area contributed by atoms with E-state index in [0.717, 1.165) is 11.1 Å². The SMILES string of the molecule is Cc1cccc(C(=O)O[C@H](C(=O)Nc2ccc(Cl)cc2)[C@@H](OC(=O)c2cccc(C)c2)C(=O)O)c1. The van der Waals surface area contributed by atoms with Crippen LogP contribution < -0.4 is 5.32 Å². The Hall–Kier alpha value is -4.17. The number of hydrogen-bond acceptors (Lipinski definition) is 6. The van der Waals surface area contributed by atoms with Crippen LogP contribution in [0.25, 0.3) is 0 Å². The van der Waals surface area contributed by atoms with Crippen LogP contribution in [0, 0.1) is 13.8 Å². The van der Waals surface area contributed by atoms with Crippen LogP contribution in [0.3, 0.4) is 0 Å². The molecule has 1 amide bonds. The zero-order valence-corrected chi connectivity index (χ0v) is 19.6. The Bertz CT molecular complexity index is 1260. The van der Waals surface area contributed by atoms with Crippen molar-refractivity contribution >= 4 is 41.1 Å². The van der Waals surface area contributed by atoms with Crippen molar-refractivity contribution in [2.24, 2.45) is 0 Å². The molecule has 3 aromatic carbocycles. The second-order valence-electron chi connectivity index (χ2n) is 7.73. The van der Waals surface area contributed by atoms with Gasteiger partial charge in [-0.2, -0.15) is 0 Å². The van der Waals surface area contributed by atoms with E-state index in [1.165, 1.54) is 48.5 Å². The zero-order chi connectivity index (χ0) is 25.5. The lowest BCUT2D eigenvalue weighted by molar-refractivity contribution is -0.157. The van der Waals surface area contributed by atoms with Gasteiger partial charge < -0.3 is 19.9 Å². The molecular weight excluding hydrogens is 474 g/mol. The van der Waals surface area contributed by atoms with E-state index in [4.69, 9.17) is 21.1 Å². The van der Waals surface area contributed by atoms with Gasteiger partial charge in [0.25, 0.3) is 5.91 Å². The third-order valence-corrected chi connectivity index (χ3v) is 5.12. The van der Waals surface area contributed by atoms with Gasteiger partial charge in [0.1, 0.15) is 0 Å². The molecule has 0 aliphatic heterocycles. The molecule has 0 bridgehead atoms. The number of ether oxygens (including phenoxy) is 2. The molecule has 3 aromatic rings. The van der Waals surface area contributed by atoms with Crippen LogP contribution in [0.2, 0.25) is 5.02 Å². The first-order valence-electron chi connectivity index (χ1n) is 10.5. The Morgan fingerprint density at radius 2 is 1.26 bits per heavy atom. The van der Waals surface area contributed by atoms with E-state index in [2.05, 4.69) is 5.32 Å². The maximum atomic E-state index is 13.1. The summed E-state index contributed by atoms with van der Waals surface area (Å²) in [6, 6.07) is 18.6. The number of anilines is 1. The lowest BCUT2D eigenvalue weighted by Crippen LogP contribution is -2.48. The first-order chi connectivity index (χ1) is 16.6. The van der Waals surface area contributed by atoms with E-state index >= 15 is 0 Å². The minimum Gasteiger partial charge on any atom is -0.478 e. The standard InChI is InChI=1S/C26H22ClNO7/c1-15-5-3-7-17(13-15)25(32)34-21(23(29)28-20-11-9-19(27)10-12-20)22(24(30)31)35-26(33)18-8-4-6-16(2)14-18/h3-14,21-22H,1-2H3,(H,28,29)(H,30,31)/t21-,22+/m0/s1. The average Bonchev–Trinajstić information content (AvgIpc) is 2.82. The maximum absolute atomic E-state index is 13.1. The van der Waals surface area contributed by atoms with Gasteiger partial charge in [0.05, 0.1) is 11.1 Å². The highest BCUT2D eigenvalue weighted by Gasteiger charge is 2.41. The van der Waals surface area contributed by atoms with Gasteiger partial charge in [-0.3, -0.25) is 4.79 Å². The van der Waals surface area contributed by atoms with Crippen LogP contribution in [0.1, 0.15) is 31.8 Å². The molecule has 2 N–H and O–H groups in total. The number of carboxylic acid groups (broad SMARTS) is 1. The van der Waals surface area contributed by atoms with Crippen LogP contribution in [-0.4, -0.2) is 41.1 Å². The fraction of sp³-hybridized carbons (Fsp3) is 0.154. The third-order valence-electron chi connectivity index (χ3n) is 4.86. The fourth-order valence-electron chi connectivity index (χ4n) is 3.15. The third kappa shape index (κ3) is 6.91. The van der Waals surface area contributed by atoms with Gasteiger partial charge in [-0.05, 0) is 62.4 Å². The Morgan fingerprint density at radius 3 is 1.71 bits per heavy atom. The molecule has 35 heavy (non-hydrogen) atoms. The second kappa shape index (κ2) is 11.3. The number of benzene rings is 3. The normalized spacial score (nSPS) is 12.2. The molecule has 2 atom stereocenters. The largest absolute Gasteiger partial charge is 0.478 e. The molecule has 0 saturated carbocycles.